The lowest BCUT2D eigenvalue weighted by molar-refractivity contribution is -0.0936. The van der Waals surface area contributed by atoms with E-state index in [2.05, 4.69) is 9.97 Å². The lowest BCUT2D eigenvalue weighted by Gasteiger charge is -2.23. The van der Waals surface area contributed by atoms with Crippen LogP contribution in [0.5, 0.6) is 11.5 Å². The van der Waals surface area contributed by atoms with Gasteiger partial charge in [0.1, 0.15) is 11.5 Å². The number of carbonyl (C=O) groups excluding carboxylic acids is 2. The van der Waals surface area contributed by atoms with Gasteiger partial charge in [0.25, 0.3) is 22.9 Å². The molecule has 9 aromatic rings. The molecule has 15 nitrogen and oxygen atoms in total. The number of hydrogen-bond donors (Lipinski definition) is 1. The number of aliphatic hydroxyl groups is 1. The number of aromatic nitrogens is 6. The normalized spacial score (nSPS) is 12.8. The van der Waals surface area contributed by atoms with Crippen LogP contribution < -0.4 is 20.6 Å². The van der Waals surface area contributed by atoms with Gasteiger partial charge in [0.2, 0.25) is 0 Å². The van der Waals surface area contributed by atoms with Crippen molar-refractivity contribution in [1.29, 1.82) is 0 Å². The van der Waals surface area contributed by atoms with Crippen LogP contribution in [-0.4, -0.2) is 77.7 Å². The van der Waals surface area contributed by atoms with Gasteiger partial charge in [-0.2, -0.15) is 0 Å². The number of fused-ring (bicyclic) bond motifs is 1. The monoisotopic (exact) mass is 1180 g/mol. The Bertz CT molecular complexity index is 3990. The first kappa shape index (κ1) is 58.9. The summed E-state index contributed by atoms with van der Waals surface area (Å²) in [6, 6.07) is 21.2. The van der Waals surface area contributed by atoms with Crippen molar-refractivity contribution in [3.05, 3.63) is 256 Å². The van der Waals surface area contributed by atoms with Crippen molar-refractivity contribution in [2.45, 2.75) is 51.6 Å². The van der Waals surface area contributed by atoms with Gasteiger partial charge < -0.3 is 32.8 Å². The molecule has 83 heavy (non-hydrogen) atoms. The molecule has 0 spiro atoms. The first-order chi connectivity index (χ1) is 39.8. The lowest BCUT2D eigenvalue weighted by atomic mass is 10.0. The third-order valence-corrected chi connectivity index (χ3v) is 14.1. The molecule has 0 bridgehead atoms. The number of benzene rings is 5. The van der Waals surface area contributed by atoms with Gasteiger partial charge in [-0.1, -0.05) is 47.5 Å². The van der Waals surface area contributed by atoms with Crippen LogP contribution >= 0.6 is 23.2 Å². The van der Waals surface area contributed by atoms with E-state index in [0.717, 1.165) is 52.6 Å². The number of aliphatic hydroxyl groups excluding tert-OH is 1. The summed E-state index contributed by atoms with van der Waals surface area (Å²) in [6.45, 7) is 3.02. The van der Waals surface area contributed by atoms with Crippen molar-refractivity contribution >= 4 is 35.0 Å². The number of rotatable bonds is 18. The number of ether oxygens (including phenoxy) is 2. The van der Waals surface area contributed by atoms with E-state index in [1.54, 1.807) is 48.6 Å². The highest BCUT2D eigenvalue weighted by atomic mass is 35.5. The number of amides is 2. The molecule has 2 unspecified atom stereocenters. The Balaban J connectivity index is 0.000000207. The largest absolute Gasteiger partial charge is 0.495 e. The summed E-state index contributed by atoms with van der Waals surface area (Å²) in [5.41, 5.74) is 4.44. The highest BCUT2D eigenvalue weighted by molar-refractivity contribution is 6.30. The number of hydrogen-bond acceptors (Lipinski definition) is 10. The summed E-state index contributed by atoms with van der Waals surface area (Å²) in [4.78, 5) is 66.9. The van der Waals surface area contributed by atoms with Crippen LogP contribution in [0.25, 0.3) is 11.4 Å². The minimum atomic E-state index is -1.67. The maximum absolute atomic E-state index is 14.4. The molecule has 0 saturated carbocycles. The quantitative estimate of drug-likeness (QED) is 0.0497. The number of hydroxylamine groups is 2. The Morgan fingerprint density at radius 2 is 0.964 bits per heavy atom. The van der Waals surface area contributed by atoms with Crippen molar-refractivity contribution < 1.29 is 55.3 Å². The molecular formula is C60H49Cl2F6N7O8. The number of imide groups is 1. The summed E-state index contributed by atoms with van der Waals surface area (Å²) >= 11 is 12.8. The zero-order valence-electron chi connectivity index (χ0n) is 44.6. The van der Waals surface area contributed by atoms with Gasteiger partial charge in [-0.3, -0.25) is 24.0 Å². The average Bonchev–Trinajstić information content (AvgIpc) is 4.39. The zero-order chi connectivity index (χ0) is 59.4. The fourth-order valence-electron chi connectivity index (χ4n) is 9.73. The standard InChI is InChI=1S/C34H26ClF3N4O5.C26H23ClF3N3O3/c1-19-16-40(18-39-19)29-8-7-20(12-30(29)46-2)11-22-13-23(35)17-41(32(22)43)28(21-14-26(36)31(38)27(37)15-21)9-10-47-42-33(44)24-5-3-4-6-25(24)34(42)45;1-15-12-32(14-31-15)23-4-3-16(8-24(23)36-2)7-18-9-19(27)13-33(26(18)35)22(5-6-34)17-10-20(28)25(30)21(29)11-17/h3-8,12-18,28H,9-11H2,1-2H3;3-4,8-14,22,34H,5-7H2,1-2H3. The third-order valence-electron chi connectivity index (χ3n) is 13.6. The zero-order valence-corrected chi connectivity index (χ0v) is 46.1. The highest BCUT2D eigenvalue weighted by Crippen LogP contribution is 2.32. The number of nitrogens with zero attached hydrogens (tertiary/aromatic N) is 7. The van der Waals surface area contributed by atoms with E-state index in [1.807, 2.05) is 55.1 Å². The fourth-order valence-corrected chi connectivity index (χ4v) is 10.2. The molecule has 0 fully saturated rings. The minimum Gasteiger partial charge on any atom is -0.495 e. The first-order valence-corrected chi connectivity index (χ1v) is 26.2. The summed E-state index contributed by atoms with van der Waals surface area (Å²) < 4.78 is 101. The van der Waals surface area contributed by atoms with Crippen LogP contribution in [0.4, 0.5) is 26.3 Å². The highest BCUT2D eigenvalue weighted by Gasteiger charge is 2.37. The van der Waals surface area contributed by atoms with Crippen LogP contribution in [0.1, 0.15) is 90.4 Å². The molecule has 5 heterocycles. The molecule has 2 atom stereocenters. The number of aryl methyl sites for hydroxylation is 2. The minimum absolute atomic E-state index is 0.00239. The molecule has 0 aliphatic carbocycles. The number of imidazole rings is 2. The molecular weight excluding hydrogens is 1130 g/mol. The predicted molar refractivity (Wildman–Crippen MR) is 295 cm³/mol. The molecule has 4 aromatic heterocycles. The van der Waals surface area contributed by atoms with E-state index < -0.39 is 69.9 Å². The number of halogens is 8. The van der Waals surface area contributed by atoms with E-state index in [9.17, 15) is 50.6 Å². The van der Waals surface area contributed by atoms with Gasteiger partial charge in [0.05, 0.1) is 89.5 Å². The van der Waals surface area contributed by atoms with Crippen LogP contribution in [0.15, 0.2) is 144 Å². The second-order valence-corrected chi connectivity index (χ2v) is 20.1. The molecule has 2 amide bonds. The summed E-state index contributed by atoms with van der Waals surface area (Å²) in [5.74, 6) is -9.21. The summed E-state index contributed by atoms with van der Waals surface area (Å²) in [7, 11) is 3.06. The Morgan fingerprint density at radius 3 is 1.34 bits per heavy atom. The topological polar surface area (TPSA) is 165 Å². The first-order valence-electron chi connectivity index (χ1n) is 25.4. The Kier molecular flexibility index (Phi) is 17.9. The van der Waals surface area contributed by atoms with Crippen LogP contribution in [-0.2, 0) is 17.7 Å². The summed E-state index contributed by atoms with van der Waals surface area (Å²) in [6.07, 6.45) is 9.75. The van der Waals surface area contributed by atoms with Gasteiger partial charge in [0.15, 0.2) is 34.9 Å². The van der Waals surface area contributed by atoms with E-state index in [0.29, 0.717) is 27.7 Å². The SMILES string of the molecule is COc1cc(Cc2cc(Cl)cn(C(CCO)c3cc(F)c(F)c(F)c3)c2=O)ccc1-n1cnc(C)c1.COc1cc(Cc2cc(Cl)cn(C(CCON3C(=O)c4ccccc4C3=O)c3cc(F)c(F)c(F)c3)c2=O)ccc1-n1cnc(C)c1. The van der Waals surface area contributed by atoms with Crippen molar-refractivity contribution in [3.8, 4) is 22.9 Å². The van der Waals surface area contributed by atoms with Crippen molar-refractivity contribution in [3.63, 3.8) is 0 Å². The Labute approximate surface area is 479 Å². The van der Waals surface area contributed by atoms with Gasteiger partial charge in [-0.15, -0.1) is 5.06 Å². The predicted octanol–water partition coefficient (Wildman–Crippen LogP) is 11.2. The maximum atomic E-state index is 14.4. The second-order valence-electron chi connectivity index (χ2n) is 19.2. The van der Waals surface area contributed by atoms with Gasteiger partial charge >= 0.3 is 0 Å². The van der Waals surface area contributed by atoms with E-state index in [4.69, 9.17) is 37.5 Å². The second kappa shape index (κ2) is 25.2. The molecule has 0 saturated heterocycles. The smallest absolute Gasteiger partial charge is 0.285 e. The Morgan fingerprint density at radius 1 is 0.554 bits per heavy atom. The summed E-state index contributed by atoms with van der Waals surface area (Å²) in [5, 5.41) is 10.5. The molecule has 1 aliphatic heterocycles. The van der Waals surface area contributed by atoms with Gasteiger partial charge in [-0.25, -0.2) is 36.3 Å². The molecule has 1 aliphatic rings. The molecule has 0 radical (unpaired) electrons. The third kappa shape index (κ3) is 12.7. The van der Waals surface area contributed by atoms with E-state index in [-0.39, 0.29) is 76.8 Å². The molecule has 5 aromatic carbocycles. The van der Waals surface area contributed by atoms with Crippen LogP contribution in [0, 0.1) is 48.8 Å². The van der Waals surface area contributed by atoms with Gasteiger partial charge in [-0.05, 0) is 122 Å². The van der Waals surface area contributed by atoms with Gasteiger partial charge in [0, 0.05) is 55.4 Å². The molecule has 23 heteroatoms. The molecule has 428 valence electrons. The number of pyridine rings is 2. The average molecular weight is 1180 g/mol. The van der Waals surface area contributed by atoms with Crippen LogP contribution in [0.3, 0.4) is 0 Å². The van der Waals surface area contributed by atoms with Crippen molar-refractivity contribution in [2.24, 2.45) is 0 Å². The molecule has 10 rings (SSSR count). The lowest BCUT2D eigenvalue weighted by Crippen LogP contribution is -2.32. The van der Waals surface area contributed by atoms with Crippen molar-refractivity contribution in [1.82, 2.24) is 33.3 Å². The van der Waals surface area contributed by atoms with E-state index >= 15 is 0 Å². The maximum Gasteiger partial charge on any atom is 0.285 e. The molecule has 1 N–H and O–H groups in total. The Hall–Kier alpha value is -8.76. The van der Waals surface area contributed by atoms with E-state index in [1.165, 1.54) is 52.9 Å². The fraction of sp³-hybridized carbons (Fsp3) is 0.200. The number of methoxy groups -OCH3 is 2. The van der Waals surface area contributed by atoms with Crippen LogP contribution in [0.2, 0.25) is 10.0 Å². The number of carbonyl (C=O) groups is 2. The van der Waals surface area contributed by atoms with Crippen molar-refractivity contribution in [2.75, 3.05) is 27.4 Å².